The highest BCUT2D eigenvalue weighted by Gasteiger charge is 2.35. The molecule has 6 nitrogen and oxygen atoms in total. The topological polar surface area (TPSA) is 105 Å². The van der Waals surface area contributed by atoms with Crippen LogP contribution >= 0.6 is 11.8 Å². The zero-order valence-electron chi connectivity index (χ0n) is 10.0. The van der Waals surface area contributed by atoms with Gasteiger partial charge in [0.1, 0.15) is 28.7 Å². The number of thioether (sulfide) groups is 1. The van der Waals surface area contributed by atoms with E-state index in [0.29, 0.717) is 5.04 Å². The maximum Gasteiger partial charge on any atom is 0.125 e. The van der Waals surface area contributed by atoms with E-state index >= 15 is 0 Å². The van der Waals surface area contributed by atoms with Gasteiger partial charge in [0.05, 0.1) is 6.61 Å². The predicted molar refractivity (Wildman–Crippen MR) is 72.6 cm³/mol. The highest BCUT2D eigenvalue weighted by Crippen LogP contribution is 2.26. The summed E-state index contributed by atoms with van der Waals surface area (Å²) in [5, 5.41) is 41.8. The first kappa shape index (κ1) is 14.3. The number of hydrazone groups is 1. The van der Waals surface area contributed by atoms with Crippen molar-refractivity contribution in [3.63, 3.8) is 0 Å². The largest absolute Gasteiger partial charge is 0.394 e. The number of nitrogens with one attached hydrogen (secondary N) is 1. The van der Waals surface area contributed by atoms with Gasteiger partial charge in [-0.2, -0.15) is 5.10 Å². The number of aliphatic hydroxyl groups is 4. The van der Waals surface area contributed by atoms with Gasteiger partial charge in [-0.1, -0.05) is 42.1 Å². The Morgan fingerprint density at radius 3 is 2.53 bits per heavy atom. The Balaban J connectivity index is 1.97. The van der Waals surface area contributed by atoms with Crippen LogP contribution in [0.15, 0.2) is 35.4 Å². The first-order chi connectivity index (χ1) is 9.13. The molecule has 0 bridgehead atoms. The molecule has 0 saturated carbocycles. The molecule has 0 aromatic heterocycles. The van der Waals surface area contributed by atoms with Gasteiger partial charge in [-0.25, -0.2) is 0 Å². The fraction of sp³-hybridized carbons (Fsp3) is 0.417. The molecule has 19 heavy (non-hydrogen) atoms. The molecule has 0 unspecified atom stereocenters. The lowest BCUT2D eigenvalue weighted by atomic mass is 10.1. The van der Waals surface area contributed by atoms with Crippen molar-refractivity contribution in [1.82, 2.24) is 5.43 Å². The van der Waals surface area contributed by atoms with Crippen molar-refractivity contribution in [1.29, 1.82) is 0 Å². The minimum absolute atomic E-state index is 0.564. The van der Waals surface area contributed by atoms with Crippen LogP contribution < -0.4 is 5.43 Å². The lowest BCUT2D eigenvalue weighted by Gasteiger charge is -2.25. The monoisotopic (exact) mass is 284 g/mol. The average molecular weight is 284 g/mol. The molecule has 1 heterocycles. The van der Waals surface area contributed by atoms with Gasteiger partial charge in [-0.05, 0) is 0 Å². The Morgan fingerprint density at radius 1 is 1.21 bits per heavy atom. The summed E-state index contributed by atoms with van der Waals surface area (Å²) in [6.45, 7) is -0.609. The molecule has 1 aromatic carbocycles. The summed E-state index contributed by atoms with van der Waals surface area (Å²) in [5.74, 6) is 0. The van der Waals surface area contributed by atoms with Gasteiger partial charge in [0, 0.05) is 5.56 Å². The van der Waals surface area contributed by atoms with Crippen LogP contribution in [0.2, 0.25) is 0 Å². The second kappa shape index (κ2) is 6.36. The zero-order chi connectivity index (χ0) is 13.8. The lowest BCUT2D eigenvalue weighted by Crippen LogP contribution is -2.47. The van der Waals surface area contributed by atoms with Crippen molar-refractivity contribution in [3.05, 3.63) is 35.9 Å². The van der Waals surface area contributed by atoms with E-state index in [-0.39, 0.29) is 0 Å². The van der Waals surface area contributed by atoms with Crippen LogP contribution in [0.3, 0.4) is 0 Å². The van der Waals surface area contributed by atoms with Crippen LogP contribution in [-0.4, -0.2) is 55.8 Å². The molecule has 104 valence electrons. The van der Waals surface area contributed by atoms with E-state index in [1.807, 2.05) is 30.3 Å². The Hall–Kier alpha value is -1.12. The fourth-order valence-corrected chi connectivity index (χ4v) is 2.69. The number of rotatable bonds is 5. The third kappa shape index (κ3) is 3.26. The molecule has 0 spiro atoms. The van der Waals surface area contributed by atoms with E-state index in [1.54, 1.807) is 0 Å². The molecule has 1 aliphatic rings. The van der Waals surface area contributed by atoms with Gasteiger partial charge in [0.25, 0.3) is 0 Å². The van der Waals surface area contributed by atoms with Crippen LogP contribution in [0.5, 0.6) is 0 Å². The minimum atomic E-state index is -1.43. The second-order valence-electron chi connectivity index (χ2n) is 4.18. The molecule has 5 N–H and O–H groups in total. The van der Waals surface area contributed by atoms with Crippen LogP contribution in [0.4, 0.5) is 0 Å². The van der Waals surface area contributed by atoms with E-state index in [9.17, 15) is 15.3 Å². The van der Waals surface area contributed by atoms with E-state index in [4.69, 9.17) is 5.11 Å². The van der Waals surface area contributed by atoms with Crippen LogP contribution in [0, 0.1) is 0 Å². The summed E-state index contributed by atoms with van der Waals surface area (Å²) in [6.07, 6.45) is -4.05. The van der Waals surface area contributed by atoms with Gasteiger partial charge in [0.15, 0.2) is 0 Å². The van der Waals surface area contributed by atoms with Crippen molar-refractivity contribution < 1.29 is 20.4 Å². The molecule has 4 atom stereocenters. The molecule has 0 saturated heterocycles. The second-order valence-corrected chi connectivity index (χ2v) is 5.31. The summed E-state index contributed by atoms with van der Waals surface area (Å²) >= 11 is 1.26. The zero-order valence-corrected chi connectivity index (χ0v) is 10.9. The van der Waals surface area contributed by atoms with Gasteiger partial charge in [-0.15, -0.1) is 0 Å². The molecule has 0 aliphatic carbocycles. The lowest BCUT2D eigenvalue weighted by molar-refractivity contribution is -0.0779. The van der Waals surface area contributed by atoms with Crippen molar-refractivity contribution in [2.45, 2.75) is 23.7 Å². The van der Waals surface area contributed by atoms with Gasteiger partial charge < -0.3 is 20.4 Å². The standard InChI is InChI=1S/C12H16N2O4S/c15-6-8(16)9(17)10(18)12-14-13-11(19-12)7-4-2-1-3-5-7/h1-5,8-10,12,14-18H,6H2/t8-,9-,10-,12-/m1/s1. The average Bonchev–Trinajstić information content (AvgIpc) is 2.95. The smallest absolute Gasteiger partial charge is 0.125 e. The van der Waals surface area contributed by atoms with E-state index < -0.39 is 30.3 Å². The van der Waals surface area contributed by atoms with Gasteiger partial charge >= 0.3 is 0 Å². The SMILES string of the molecule is OC[C@@H](O)[C@@H](O)[C@@H](O)[C@@H]1NN=C(c2ccccc2)S1. The first-order valence-corrected chi connectivity index (χ1v) is 6.72. The highest BCUT2D eigenvalue weighted by atomic mass is 32.2. The Bertz CT molecular complexity index is 443. The summed E-state index contributed by atoms with van der Waals surface area (Å²) in [6, 6.07) is 9.44. The first-order valence-electron chi connectivity index (χ1n) is 5.84. The molecular formula is C12H16N2O4S. The van der Waals surface area contributed by atoms with E-state index in [0.717, 1.165) is 5.56 Å². The summed E-state index contributed by atoms with van der Waals surface area (Å²) in [4.78, 5) is 0. The Kier molecular flexibility index (Phi) is 4.78. The van der Waals surface area contributed by atoms with Crippen molar-refractivity contribution in [2.24, 2.45) is 5.10 Å². The Morgan fingerprint density at radius 2 is 1.89 bits per heavy atom. The third-order valence-corrected chi connectivity index (χ3v) is 3.98. The van der Waals surface area contributed by atoms with E-state index in [2.05, 4.69) is 10.5 Å². The molecule has 1 aliphatic heterocycles. The van der Waals surface area contributed by atoms with Crippen LogP contribution in [-0.2, 0) is 0 Å². The van der Waals surface area contributed by atoms with Crippen LogP contribution in [0.25, 0.3) is 0 Å². The maximum absolute atomic E-state index is 9.91. The van der Waals surface area contributed by atoms with Crippen molar-refractivity contribution >= 4 is 16.8 Å². The number of benzene rings is 1. The van der Waals surface area contributed by atoms with Gasteiger partial charge in [-0.3, -0.25) is 5.43 Å². The molecule has 2 rings (SSSR count). The third-order valence-electron chi connectivity index (χ3n) is 2.79. The van der Waals surface area contributed by atoms with Crippen molar-refractivity contribution in [3.8, 4) is 0 Å². The molecule has 7 heteroatoms. The summed E-state index contributed by atoms with van der Waals surface area (Å²) in [7, 11) is 0. The summed E-state index contributed by atoms with van der Waals surface area (Å²) in [5.41, 5.74) is 3.62. The normalized spacial score (nSPS) is 23.4. The fourth-order valence-electron chi connectivity index (χ4n) is 1.67. The summed E-state index contributed by atoms with van der Waals surface area (Å²) < 4.78 is 0. The molecular weight excluding hydrogens is 268 g/mol. The Labute approximate surface area is 114 Å². The number of hydrogen-bond acceptors (Lipinski definition) is 7. The quantitative estimate of drug-likeness (QED) is 0.479. The van der Waals surface area contributed by atoms with Gasteiger partial charge in [0.2, 0.25) is 0 Å². The molecule has 1 aromatic rings. The van der Waals surface area contributed by atoms with E-state index in [1.165, 1.54) is 11.8 Å². The predicted octanol–water partition coefficient (Wildman–Crippen LogP) is -0.914. The minimum Gasteiger partial charge on any atom is -0.394 e. The number of nitrogens with zero attached hydrogens (tertiary/aromatic N) is 1. The molecule has 0 amide bonds. The van der Waals surface area contributed by atoms with Crippen LogP contribution in [0.1, 0.15) is 5.56 Å². The molecule has 0 fully saturated rings. The maximum atomic E-state index is 9.91. The molecule has 0 radical (unpaired) electrons. The highest BCUT2D eigenvalue weighted by molar-refractivity contribution is 8.15. The number of hydrogen-bond donors (Lipinski definition) is 5. The number of aliphatic hydroxyl groups excluding tert-OH is 4. The van der Waals surface area contributed by atoms with Crippen molar-refractivity contribution in [2.75, 3.05) is 6.61 Å².